The summed E-state index contributed by atoms with van der Waals surface area (Å²) in [5.74, 6) is -1.50. The van der Waals surface area contributed by atoms with Gasteiger partial charge in [0.25, 0.3) is 5.69 Å². The number of rotatable bonds is 8. The third-order valence-corrected chi connectivity index (χ3v) is 12.0. The number of hydrogen-bond donors (Lipinski definition) is 3. The van der Waals surface area contributed by atoms with Crippen LogP contribution < -0.4 is 10.6 Å². The van der Waals surface area contributed by atoms with Crippen molar-refractivity contribution in [3.8, 4) is 0 Å². The normalized spacial score (nSPS) is 18.9. The number of nitrogens with one attached hydrogen (secondary N) is 2. The molecule has 0 spiro atoms. The van der Waals surface area contributed by atoms with E-state index in [0.29, 0.717) is 0 Å². The Morgan fingerprint density at radius 1 is 1.32 bits per heavy atom. The number of hydrogen-bond acceptors (Lipinski definition) is 6. The van der Waals surface area contributed by atoms with Crippen LogP contribution in [0.4, 0.5) is 26.2 Å². The van der Waals surface area contributed by atoms with Crippen molar-refractivity contribution in [1.29, 1.82) is 0 Å². The standard InChI is InChI=1S/C26H33ClFN5O6Si/c1-25(2,3)40(5,6)39-13-12-32-21(34)15-26(4,31-23(32)30-24(35)36)17-8-7-9-18(22(17)28)29-19-14-16(27)10-11-20(19)33(37)38/h7-11,14,29H,12-13,15H2,1-6H3,(H,30,31)(H,35,36)/t26-/m0/s1. The molecule has 0 bridgehead atoms. The number of carboxylic acid groups (broad SMARTS) is 1. The number of guanidine groups is 1. The molecular formula is C26H33ClFN5O6Si. The molecule has 2 aromatic rings. The summed E-state index contributed by atoms with van der Waals surface area (Å²) in [6, 6.07) is 8.20. The SMILES string of the molecule is CC(C)(C)[Si](C)(C)OCCN1C(=O)C[C@@](C)(c2cccc(Nc3cc(Cl)ccc3[N+](=O)[O-])c2F)N/C1=N/C(=O)O. The van der Waals surface area contributed by atoms with E-state index in [2.05, 4.69) is 49.5 Å². The Labute approximate surface area is 237 Å². The highest BCUT2D eigenvalue weighted by atomic mass is 35.5. The lowest BCUT2D eigenvalue weighted by Crippen LogP contribution is -2.61. The lowest BCUT2D eigenvalue weighted by atomic mass is 9.85. The largest absolute Gasteiger partial charge is 0.463 e. The second-order valence-corrected chi connectivity index (χ2v) is 16.5. The summed E-state index contributed by atoms with van der Waals surface area (Å²) < 4.78 is 22.0. The third kappa shape index (κ3) is 6.77. The zero-order valence-electron chi connectivity index (χ0n) is 23.2. The Morgan fingerprint density at radius 2 is 2.00 bits per heavy atom. The maximum atomic E-state index is 15.9. The lowest BCUT2D eigenvalue weighted by molar-refractivity contribution is -0.383. The first kappa shape index (κ1) is 31.0. The van der Waals surface area contributed by atoms with E-state index >= 15 is 4.39 Å². The molecule has 0 unspecified atom stereocenters. The van der Waals surface area contributed by atoms with E-state index in [0.717, 1.165) is 0 Å². The summed E-state index contributed by atoms with van der Waals surface area (Å²) in [5, 5.41) is 26.6. The Bertz CT molecular complexity index is 1370. The van der Waals surface area contributed by atoms with Crippen LogP contribution in [0.15, 0.2) is 41.4 Å². The Hall–Kier alpha value is -3.55. The molecule has 1 heterocycles. The summed E-state index contributed by atoms with van der Waals surface area (Å²) in [7, 11) is -2.13. The van der Waals surface area contributed by atoms with Crippen LogP contribution in [0.2, 0.25) is 23.2 Å². The fraction of sp³-hybridized carbons (Fsp3) is 0.423. The van der Waals surface area contributed by atoms with Crippen molar-refractivity contribution in [2.24, 2.45) is 4.99 Å². The van der Waals surface area contributed by atoms with Crippen molar-refractivity contribution in [2.45, 2.75) is 57.8 Å². The fourth-order valence-electron chi connectivity index (χ4n) is 4.02. The second-order valence-electron chi connectivity index (χ2n) is 11.2. The van der Waals surface area contributed by atoms with Gasteiger partial charge in [-0.2, -0.15) is 0 Å². The number of nitro benzene ring substituents is 1. The van der Waals surface area contributed by atoms with Crippen LogP contribution in [0.3, 0.4) is 0 Å². The Morgan fingerprint density at radius 3 is 2.60 bits per heavy atom. The van der Waals surface area contributed by atoms with E-state index in [-0.39, 0.29) is 58.2 Å². The van der Waals surface area contributed by atoms with Crippen molar-refractivity contribution in [3.05, 3.63) is 62.9 Å². The molecule has 2 amide bonds. The number of halogens is 2. The first-order valence-corrected chi connectivity index (χ1v) is 15.8. The highest BCUT2D eigenvalue weighted by Gasteiger charge is 2.43. The summed E-state index contributed by atoms with van der Waals surface area (Å²) in [6.45, 7) is 12.2. The minimum atomic E-state index is -2.13. The molecule has 0 saturated carbocycles. The Kier molecular flexibility index (Phi) is 8.92. The molecule has 40 heavy (non-hydrogen) atoms. The number of aliphatic imine (C=N–C) groups is 1. The molecule has 1 aliphatic heterocycles. The van der Waals surface area contributed by atoms with Crippen molar-refractivity contribution < 1.29 is 28.4 Å². The van der Waals surface area contributed by atoms with Crippen molar-refractivity contribution >= 4 is 54.9 Å². The maximum absolute atomic E-state index is 15.9. The average molecular weight is 594 g/mol. The van der Waals surface area contributed by atoms with Crippen LogP contribution >= 0.6 is 11.6 Å². The molecular weight excluding hydrogens is 561 g/mol. The van der Waals surface area contributed by atoms with Crippen LogP contribution in [-0.4, -0.2) is 54.4 Å². The molecule has 14 heteroatoms. The van der Waals surface area contributed by atoms with E-state index < -0.39 is 36.6 Å². The Balaban J connectivity index is 1.91. The summed E-state index contributed by atoms with van der Waals surface area (Å²) in [6.07, 6.45) is -1.75. The predicted molar refractivity (Wildman–Crippen MR) is 153 cm³/mol. The number of amides is 2. The predicted octanol–water partition coefficient (Wildman–Crippen LogP) is 6.22. The van der Waals surface area contributed by atoms with Gasteiger partial charge in [0.15, 0.2) is 14.1 Å². The van der Waals surface area contributed by atoms with Crippen LogP contribution in [0.1, 0.15) is 39.7 Å². The van der Waals surface area contributed by atoms with Gasteiger partial charge in [0.1, 0.15) is 5.69 Å². The van der Waals surface area contributed by atoms with Gasteiger partial charge in [-0.3, -0.25) is 19.8 Å². The number of carbonyl (C=O) groups is 2. The minimum Gasteiger partial charge on any atom is -0.463 e. The van der Waals surface area contributed by atoms with Gasteiger partial charge in [-0.15, -0.1) is 4.99 Å². The molecule has 2 aromatic carbocycles. The van der Waals surface area contributed by atoms with E-state index in [9.17, 15) is 24.8 Å². The van der Waals surface area contributed by atoms with Gasteiger partial charge in [0.05, 0.1) is 35.7 Å². The highest BCUT2D eigenvalue weighted by Crippen LogP contribution is 2.38. The first-order valence-electron chi connectivity index (χ1n) is 12.5. The molecule has 3 rings (SSSR count). The fourth-order valence-corrected chi connectivity index (χ4v) is 5.23. The van der Waals surface area contributed by atoms with Gasteiger partial charge < -0.3 is 20.2 Å². The molecule has 0 radical (unpaired) electrons. The molecule has 1 aliphatic rings. The van der Waals surface area contributed by atoms with Crippen molar-refractivity contribution in [3.63, 3.8) is 0 Å². The molecule has 0 aromatic heterocycles. The van der Waals surface area contributed by atoms with Crippen LogP contribution in [-0.2, 0) is 14.8 Å². The quantitative estimate of drug-likeness (QED) is 0.186. The molecule has 216 valence electrons. The minimum absolute atomic E-state index is 0.0209. The summed E-state index contributed by atoms with van der Waals surface area (Å²) >= 11 is 6.00. The molecule has 1 saturated heterocycles. The van der Waals surface area contributed by atoms with Gasteiger partial charge in [-0.25, -0.2) is 9.18 Å². The summed E-state index contributed by atoms with van der Waals surface area (Å²) in [4.78, 5) is 40.4. The van der Waals surface area contributed by atoms with Crippen LogP contribution in [0, 0.1) is 15.9 Å². The highest BCUT2D eigenvalue weighted by molar-refractivity contribution is 6.74. The van der Waals surface area contributed by atoms with Gasteiger partial charge in [-0.05, 0) is 43.3 Å². The molecule has 11 nitrogen and oxygen atoms in total. The number of carbonyl (C=O) groups excluding carboxylic acids is 1. The number of nitrogens with zero attached hydrogens (tertiary/aromatic N) is 3. The molecule has 0 aliphatic carbocycles. The van der Waals surface area contributed by atoms with Crippen LogP contribution in [0.5, 0.6) is 0 Å². The smallest absolute Gasteiger partial charge is 0.434 e. The van der Waals surface area contributed by atoms with Crippen molar-refractivity contribution in [1.82, 2.24) is 10.2 Å². The maximum Gasteiger partial charge on any atom is 0.434 e. The van der Waals surface area contributed by atoms with Gasteiger partial charge >= 0.3 is 6.09 Å². The van der Waals surface area contributed by atoms with Gasteiger partial charge in [-0.1, -0.05) is 44.5 Å². The zero-order valence-corrected chi connectivity index (χ0v) is 24.9. The molecule has 1 fully saturated rings. The van der Waals surface area contributed by atoms with E-state index in [1.165, 1.54) is 41.3 Å². The number of nitro groups is 1. The molecule has 3 N–H and O–H groups in total. The first-order chi connectivity index (χ1) is 18.4. The van der Waals surface area contributed by atoms with E-state index in [1.807, 2.05) is 0 Å². The monoisotopic (exact) mass is 593 g/mol. The van der Waals surface area contributed by atoms with Gasteiger partial charge in [0.2, 0.25) is 11.9 Å². The van der Waals surface area contributed by atoms with Crippen molar-refractivity contribution in [2.75, 3.05) is 18.5 Å². The zero-order chi connectivity index (χ0) is 30.0. The van der Waals surface area contributed by atoms with E-state index in [1.54, 1.807) is 6.92 Å². The number of anilines is 2. The third-order valence-electron chi connectivity index (χ3n) is 7.25. The molecule has 1 atom stereocenters. The topological polar surface area (TPSA) is 146 Å². The average Bonchev–Trinajstić information content (AvgIpc) is 2.80. The number of benzene rings is 2. The second kappa shape index (κ2) is 11.5. The summed E-state index contributed by atoms with van der Waals surface area (Å²) in [5.41, 5.74) is -1.78. The van der Waals surface area contributed by atoms with Gasteiger partial charge in [0, 0.05) is 16.7 Å². The lowest BCUT2D eigenvalue weighted by Gasteiger charge is -2.42. The van der Waals surface area contributed by atoms with Crippen LogP contribution in [0.25, 0.3) is 0 Å². The van der Waals surface area contributed by atoms with E-state index in [4.69, 9.17) is 16.0 Å².